The number of benzene rings is 4. The summed E-state index contributed by atoms with van der Waals surface area (Å²) in [5.41, 5.74) is -0.227. The summed E-state index contributed by atoms with van der Waals surface area (Å²) in [6.45, 7) is 0. The Hall–Kier alpha value is -4.37. The van der Waals surface area contributed by atoms with Crippen molar-refractivity contribution in [2.24, 2.45) is 0 Å². The Kier molecular flexibility index (Phi) is 5.72. The molecule has 33 heavy (non-hydrogen) atoms. The molecule has 0 spiro atoms. The van der Waals surface area contributed by atoms with Crippen molar-refractivity contribution in [2.75, 3.05) is 0 Å². The van der Waals surface area contributed by atoms with Crippen molar-refractivity contribution in [3.8, 4) is 22.3 Å². The van der Waals surface area contributed by atoms with Gasteiger partial charge in [-0.05, 0) is 23.3 Å². The topological polar surface area (TPSA) is 120 Å². The van der Waals surface area contributed by atoms with Gasteiger partial charge in [-0.3, -0.25) is 20.2 Å². The Labute approximate surface area is 189 Å². The van der Waals surface area contributed by atoms with E-state index in [9.17, 15) is 28.6 Å². The number of rotatable bonds is 6. The Balaban J connectivity index is 2.08. The zero-order chi connectivity index (χ0) is 23.6. The highest BCUT2D eigenvalue weighted by atomic mass is 32.2. The molecule has 8 nitrogen and oxygen atoms in total. The number of hydrogen-bond donors (Lipinski definition) is 0. The summed E-state index contributed by atoms with van der Waals surface area (Å²) in [6, 6.07) is 23.9. The molecule has 0 aliphatic heterocycles. The molecule has 0 aromatic heterocycles. The quantitative estimate of drug-likeness (QED) is 0.270. The number of nitro benzene ring substituents is 2. The van der Waals surface area contributed by atoms with Crippen LogP contribution < -0.4 is 0 Å². The summed E-state index contributed by atoms with van der Waals surface area (Å²) < 4.78 is 27.9. The molecular weight excluding hydrogens is 444 g/mol. The summed E-state index contributed by atoms with van der Waals surface area (Å²) >= 11 is 0. The minimum absolute atomic E-state index is 0.0754. The van der Waals surface area contributed by atoms with Crippen LogP contribution in [0.15, 0.2) is 107 Å². The van der Waals surface area contributed by atoms with Crippen LogP contribution in [0.5, 0.6) is 0 Å². The molecule has 0 aliphatic carbocycles. The number of sulfone groups is 1. The minimum atomic E-state index is -4.42. The van der Waals surface area contributed by atoms with Gasteiger partial charge in [0.25, 0.3) is 11.4 Å². The highest BCUT2D eigenvalue weighted by molar-refractivity contribution is 7.91. The summed E-state index contributed by atoms with van der Waals surface area (Å²) in [4.78, 5) is 21.6. The molecule has 0 atom stereocenters. The van der Waals surface area contributed by atoms with Crippen LogP contribution in [0.1, 0.15) is 0 Å². The molecule has 4 aromatic rings. The molecule has 0 amide bonds. The predicted molar refractivity (Wildman–Crippen MR) is 123 cm³/mol. The Morgan fingerprint density at radius 3 is 1.21 bits per heavy atom. The second-order valence-corrected chi connectivity index (χ2v) is 8.94. The van der Waals surface area contributed by atoms with Crippen molar-refractivity contribution in [1.82, 2.24) is 0 Å². The van der Waals surface area contributed by atoms with Gasteiger partial charge in [0.15, 0.2) is 0 Å². The van der Waals surface area contributed by atoms with Crippen molar-refractivity contribution in [3.63, 3.8) is 0 Å². The zero-order valence-corrected chi connectivity index (χ0v) is 17.8. The van der Waals surface area contributed by atoms with E-state index in [4.69, 9.17) is 0 Å². The highest BCUT2D eigenvalue weighted by Gasteiger charge is 2.32. The van der Waals surface area contributed by atoms with Gasteiger partial charge >= 0.3 is 0 Å². The fraction of sp³-hybridized carbons (Fsp3) is 0. The molecule has 4 aromatic carbocycles. The Morgan fingerprint density at radius 2 is 0.879 bits per heavy atom. The molecule has 0 bridgehead atoms. The highest BCUT2D eigenvalue weighted by Crippen LogP contribution is 2.42. The van der Waals surface area contributed by atoms with Gasteiger partial charge in [0, 0.05) is 12.1 Å². The summed E-state index contributed by atoms with van der Waals surface area (Å²) in [5, 5.41) is 23.5. The van der Waals surface area contributed by atoms with E-state index in [-0.39, 0.29) is 32.3 Å². The van der Waals surface area contributed by atoms with Crippen molar-refractivity contribution in [2.45, 2.75) is 9.79 Å². The van der Waals surface area contributed by atoms with E-state index in [2.05, 4.69) is 0 Å². The predicted octanol–water partition coefficient (Wildman–Crippen LogP) is 5.67. The number of nitrogens with zero attached hydrogens (tertiary/aromatic N) is 2. The van der Waals surface area contributed by atoms with Gasteiger partial charge in [-0.15, -0.1) is 0 Å². The molecule has 0 radical (unpaired) electrons. The SMILES string of the molecule is O=[N+]([O-])c1cccc(S(=O)(=O)c2cccc([N+](=O)[O-])c2-c2ccccc2)c1-c1ccccc1. The fourth-order valence-electron chi connectivity index (χ4n) is 3.70. The number of hydrogen-bond acceptors (Lipinski definition) is 6. The first-order valence-electron chi connectivity index (χ1n) is 9.73. The second-order valence-electron chi connectivity index (χ2n) is 7.05. The van der Waals surface area contributed by atoms with E-state index in [0.29, 0.717) is 11.1 Å². The first-order valence-corrected chi connectivity index (χ1v) is 11.2. The van der Waals surface area contributed by atoms with E-state index >= 15 is 0 Å². The maximum Gasteiger partial charge on any atom is 0.278 e. The maximum atomic E-state index is 13.9. The first kappa shape index (κ1) is 21.8. The van der Waals surface area contributed by atoms with Crippen molar-refractivity contribution >= 4 is 21.2 Å². The number of nitro groups is 2. The third kappa shape index (κ3) is 3.97. The normalized spacial score (nSPS) is 11.2. The van der Waals surface area contributed by atoms with Gasteiger partial charge in [-0.25, -0.2) is 8.42 Å². The van der Waals surface area contributed by atoms with Crippen LogP contribution in [0, 0.1) is 20.2 Å². The lowest BCUT2D eigenvalue weighted by molar-refractivity contribution is -0.384. The van der Waals surface area contributed by atoms with Crippen LogP contribution in [0.25, 0.3) is 22.3 Å². The van der Waals surface area contributed by atoms with E-state index in [1.54, 1.807) is 60.7 Å². The lowest BCUT2D eigenvalue weighted by Gasteiger charge is -2.15. The van der Waals surface area contributed by atoms with Crippen LogP contribution in [0.2, 0.25) is 0 Å². The summed E-state index contributed by atoms with van der Waals surface area (Å²) in [7, 11) is -4.42. The van der Waals surface area contributed by atoms with Crippen LogP contribution in [0.4, 0.5) is 11.4 Å². The third-order valence-electron chi connectivity index (χ3n) is 5.11. The zero-order valence-electron chi connectivity index (χ0n) is 17.0. The largest absolute Gasteiger partial charge is 0.278 e. The van der Waals surface area contributed by atoms with Gasteiger partial charge in [-0.1, -0.05) is 72.8 Å². The van der Waals surface area contributed by atoms with E-state index in [1.807, 2.05) is 0 Å². The van der Waals surface area contributed by atoms with Gasteiger partial charge in [0.2, 0.25) is 9.84 Å². The summed E-state index contributed by atoms with van der Waals surface area (Å²) in [6.07, 6.45) is 0. The van der Waals surface area contributed by atoms with E-state index in [1.165, 1.54) is 36.4 Å². The maximum absolute atomic E-state index is 13.9. The van der Waals surface area contributed by atoms with Crippen LogP contribution in [0.3, 0.4) is 0 Å². The molecule has 0 saturated heterocycles. The van der Waals surface area contributed by atoms with Gasteiger partial charge in [0.05, 0.1) is 30.8 Å². The first-order chi connectivity index (χ1) is 15.8. The fourth-order valence-corrected chi connectivity index (χ4v) is 5.43. The second kappa shape index (κ2) is 8.64. The molecule has 0 aliphatic rings. The minimum Gasteiger partial charge on any atom is -0.258 e. The Bertz CT molecular complexity index is 1360. The molecule has 0 fully saturated rings. The van der Waals surface area contributed by atoms with Crippen molar-refractivity contribution < 1.29 is 18.3 Å². The van der Waals surface area contributed by atoms with Crippen LogP contribution >= 0.6 is 0 Å². The van der Waals surface area contributed by atoms with Crippen molar-refractivity contribution in [3.05, 3.63) is 117 Å². The van der Waals surface area contributed by atoms with Gasteiger partial charge < -0.3 is 0 Å². The van der Waals surface area contributed by atoms with Crippen LogP contribution in [-0.4, -0.2) is 18.3 Å². The lowest BCUT2D eigenvalue weighted by Crippen LogP contribution is -2.08. The monoisotopic (exact) mass is 460 g/mol. The van der Waals surface area contributed by atoms with E-state index in [0.717, 1.165) is 0 Å². The smallest absolute Gasteiger partial charge is 0.258 e. The summed E-state index contributed by atoms with van der Waals surface area (Å²) in [5.74, 6) is 0. The molecule has 0 N–H and O–H groups in total. The van der Waals surface area contributed by atoms with Gasteiger partial charge in [0.1, 0.15) is 0 Å². The average Bonchev–Trinajstić information content (AvgIpc) is 2.84. The van der Waals surface area contributed by atoms with Crippen LogP contribution in [-0.2, 0) is 9.84 Å². The Morgan fingerprint density at radius 1 is 0.515 bits per heavy atom. The lowest BCUT2D eigenvalue weighted by atomic mass is 10.0. The molecular formula is C24H16N2O6S. The van der Waals surface area contributed by atoms with E-state index < -0.39 is 19.7 Å². The molecule has 0 heterocycles. The molecule has 0 unspecified atom stereocenters. The average molecular weight is 460 g/mol. The molecule has 9 heteroatoms. The molecule has 0 saturated carbocycles. The standard InChI is InChI=1S/C24H16N2O6S/c27-25(28)19-13-7-15-21(23(19)17-9-3-1-4-10-17)33(31,32)22-16-8-14-20(26(29)30)24(22)18-11-5-2-6-12-18/h1-16H. The third-order valence-corrected chi connectivity index (χ3v) is 6.94. The van der Waals surface area contributed by atoms with Crippen molar-refractivity contribution in [1.29, 1.82) is 0 Å². The van der Waals surface area contributed by atoms with Gasteiger partial charge in [-0.2, -0.15) is 0 Å². The molecule has 164 valence electrons. The molecule has 4 rings (SSSR count).